The highest BCUT2D eigenvalue weighted by atomic mass is 16.5. The molecule has 0 aliphatic carbocycles. The van der Waals surface area contributed by atoms with Gasteiger partial charge in [-0.3, -0.25) is 4.79 Å². The van der Waals surface area contributed by atoms with Gasteiger partial charge in [0.05, 0.1) is 13.7 Å². The Morgan fingerprint density at radius 3 is 2.80 bits per heavy atom. The lowest BCUT2D eigenvalue weighted by molar-refractivity contribution is -0.142. The predicted molar refractivity (Wildman–Crippen MR) is 36.6 cm³/mol. The number of hydrogen-bond donors (Lipinski definition) is 2. The van der Waals surface area contributed by atoms with Crippen LogP contribution in [0.3, 0.4) is 0 Å². The summed E-state index contributed by atoms with van der Waals surface area (Å²) in [5.41, 5.74) is 0. The van der Waals surface area contributed by atoms with E-state index >= 15 is 0 Å². The Morgan fingerprint density at radius 2 is 2.40 bits per heavy atom. The van der Waals surface area contributed by atoms with Crippen LogP contribution in [0.4, 0.5) is 0 Å². The van der Waals surface area contributed by atoms with Crippen molar-refractivity contribution in [1.29, 1.82) is 0 Å². The summed E-state index contributed by atoms with van der Waals surface area (Å²) in [6.07, 6.45) is 0. The summed E-state index contributed by atoms with van der Waals surface area (Å²) in [6.45, 7) is 2.12. The third-order valence-electron chi connectivity index (χ3n) is 1.12. The van der Waals surface area contributed by atoms with Crippen molar-refractivity contribution in [2.75, 3.05) is 20.3 Å². The van der Waals surface area contributed by atoms with Crippen LogP contribution in [0.1, 0.15) is 6.92 Å². The molecular formula is C6H13NO3. The smallest absolute Gasteiger partial charge is 0.322 e. The highest BCUT2D eigenvalue weighted by molar-refractivity contribution is 5.74. The van der Waals surface area contributed by atoms with Gasteiger partial charge in [0.15, 0.2) is 0 Å². The molecule has 0 radical (unpaired) electrons. The van der Waals surface area contributed by atoms with Crippen LogP contribution in [0.15, 0.2) is 0 Å². The molecule has 0 rings (SSSR count). The number of aliphatic hydroxyl groups excluding tert-OH is 1. The quantitative estimate of drug-likeness (QED) is 0.507. The fourth-order valence-corrected chi connectivity index (χ4v) is 0.541. The maximum atomic E-state index is 10.7. The first-order chi connectivity index (χ1) is 4.72. The molecular weight excluding hydrogens is 134 g/mol. The maximum absolute atomic E-state index is 10.7. The Bertz CT molecular complexity index is 105. The molecule has 1 atom stereocenters. The van der Waals surface area contributed by atoms with E-state index in [9.17, 15) is 4.79 Å². The van der Waals surface area contributed by atoms with E-state index in [2.05, 4.69) is 10.1 Å². The second kappa shape index (κ2) is 5.20. The number of carbonyl (C=O) groups is 1. The van der Waals surface area contributed by atoms with Crippen molar-refractivity contribution in [2.24, 2.45) is 0 Å². The molecule has 0 aliphatic heterocycles. The van der Waals surface area contributed by atoms with E-state index in [4.69, 9.17) is 5.11 Å². The Hall–Kier alpha value is -0.610. The minimum atomic E-state index is -0.336. The third-order valence-corrected chi connectivity index (χ3v) is 1.12. The zero-order valence-corrected chi connectivity index (χ0v) is 6.26. The summed E-state index contributed by atoms with van der Waals surface area (Å²) in [7, 11) is 1.33. The van der Waals surface area contributed by atoms with Gasteiger partial charge in [-0.25, -0.2) is 0 Å². The SMILES string of the molecule is COC(=O)C(C)NCCO. The van der Waals surface area contributed by atoms with E-state index in [0.29, 0.717) is 6.54 Å². The van der Waals surface area contributed by atoms with Crippen LogP contribution < -0.4 is 5.32 Å². The van der Waals surface area contributed by atoms with Crippen molar-refractivity contribution in [2.45, 2.75) is 13.0 Å². The van der Waals surface area contributed by atoms with Gasteiger partial charge in [-0.1, -0.05) is 0 Å². The van der Waals surface area contributed by atoms with Gasteiger partial charge in [0, 0.05) is 6.54 Å². The van der Waals surface area contributed by atoms with Gasteiger partial charge in [-0.05, 0) is 6.92 Å². The van der Waals surface area contributed by atoms with E-state index < -0.39 is 0 Å². The van der Waals surface area contributed by atoms with Crippen LogP contribution in [0.5, 0.6) is 0 Å². The predicted octanol–water partition coefficient (Wildman–Crippen LogP) is -0.870. The summed E-state index contributed by atoms with van der Waals surface area (Å²) in [4.78, 5) is 10.7. The summed E-state index contributed by atoms with van der Waals surface area (Å²) < 4.78 is 4.43. The second-order valence-corrected chi connectivity index (χ2v) is 1.92. The first kappa shape index (κ1) is 9.39. The first-order valence-corrected chi connectivity index (χ1v) is 3.14. The molecule has 60 valence electrons. The Balaban J connectivity index is 3.41. The highest BCUT2D eigenvalue weighted by Gasteiger charge is 2.10. The first-order valence-electron chi connectivity index (χ1n) is 3.14. The molecule has 4 nitrogen and oxygen atoms in total. The summed E-state index contributed by atoms with van der Waals surface area (Å²) in [5, 5.41) is 11.1. The standard InChI is InChI=1S/C6H13NO3/c1-5(6(9)10-2)7-3-4-8/h5,7-8H,3-4H2,1-2H3. The van der Waals surface area contributed by atoms with E-state index in [1.54, 1.807) is 6.92 Å². The van der Waals surface area contributed by atoms with Crippen LogP contribution in [0.2, 0.25) is 0 Å². The molecule has 0 amide bonds. The van der Waals surface area contributed by atoms with E-state index in [0.717, 1.165) is 0 Å². The van der Waals surface area contributed by atoms with Crippen molar-refractivity contribution in [1.82, 2.24) is 5.32 Å². The fourth-order valence-electron chi connectivity index (χ4n) is 0.541. The van der Waals surface area contributed by atoms with Gasteiger partial charge in [0.2, 0.25) is 0 Å². The number of aliphatic hydroxyl groups is 1. The Morgan fingerprint density at radius 1 is 1.80 bits per heavy atom. The lowest BCUT2D eigenvalue weighted by Crippen LogP contribution is -2.36. The van der Waals surface area contributed by atoms with Crippen molar-refractivity contribution >= 4 is 5.97 Å². The van der Waals surface area contributed by atoms with E-state index in [1.165, 1.54) is 7.11 Å². The molecule has 0 saturated heterocycles. The maximum Gasteiger partial charge on any atom is 0.322 e. The zero-order chi connectivity index (χ0) is 7.98. The van der Waals surface area contributed by atoms with Gasteiger partial charge in [-0.2, -0.15) is 0 Å². The second-order valence-electron chi connectivity index (χ2n) is 1.92. The average Bonchev–Trinajstić information content (AvgIpc) is 1.98. The molecule has 10 heavy (non-hydrogen) atoms. The van der Waals surface area contributed by atoms with Crippen LogP contribution in [0, 0.1) is 0 Å². The normalized spacial score (nSPS) is 12.7. The van der Waals surface area contributed by atoms with Gasteiger partial charge < -0.3 is 15.2 Å². The third kappa shape index (κ3) is 3.42. The molecule has 0 aliphatic rings. The average molecular weight is 147 g/mol. The van der Waals surface area contributed by atoms with Crippen LogP contribution >= 0.6 is 0 Å². The van der Waals surface area contributed by atoms with Crippen LogP contribution in [0.25, 0.3) is 0 Å². The van der Waals surface area contributed by atoms with Crippen molar-refractivity contribution in [3.8, 4) is 0 Å². The molecule has 0 aromatic carbocycles. The Kier molecular flexibility index (Phi) is 4.88. The summed E-state index contributed by atoms with van der Waals surface area (Å²) in [6, 6.07) is -0.336. The number of hydrogen-bond acceptors (Lipinski definition) is 4. The molecule has 1 unspecified atom stereocenters. The van der Waals surface area contributed by atoms with Crippen LogP contribution in [-0.2, 0) is 9.53 Å². The fraction of sp³-hybridized carbons (Fsp3) is 0.833. The molecule has 4 heteroatoms. The molecule has 0 aromatic heterocycles. The van der Waals surface area contributed by atoms with Crippen molar-refractivity contribution in [3.05, 3.63) is 0 Å². The number of ether oxygens (including phenoxy) is 1. The molecule has 0 saturated carbocycles. The number of esters is 1. The monoisotopic (exact) mass is 147 g/mol. The Labute approximate surface area is 60.2 Å². The van der Waals surface area contributed by atoms with Gasteiger partial charge in [-0.15, -0.1) is 0 Å². The number of carbonyl (C=O) groups excluding carboxylic acids is 1. The molecule has 0 bridgehead atoms. The lowest BCUT2D eigenvalue weighted by atomic mass is 10.3. The molecule has 0 aromatic rings. The highest BCUT2D eigenvalue weighted by Crippen LogP contribution is 1.83. The van der Waals surface area contributed by atoms with Gasteiger partial charge in [0.1, 0.15) is 6.04 Å². The van der Waals surface area contributed by atoms with E-state index in [1.807, 2.05) is 0 Å². The minimum absolute atomic E-state index is 0.0291. The van der Waals surface area contributed by atoms with E-state index in [-0.39, 0.29) is 18.6 Å². The van der Waals surface area contributed by atoms with Gasteiger partial charge in [0.25, 0.3) is 0 Å². The van der Waals surface area contributed by atoms with Crippen molar-refractivity contribution < 1.29 is 14.6 Å². The molecule has 0 fully saturated rings. The number of rotatable bonds is 4. The zero-order valence-electron chi connectivity index (χ0n) is 6.26. The topological polar surface area (TPSA) is 58.6 Å². The number of nitrogens with one attached hydrogen (secondary N) is 1. The van der Waals surface area contributed by atoms with Crippen LogP contribution in [-0.4, -0.2) is 37.4 Å². The summed E-state index contributed by atoms with van der Waals surface area (Å²) in [5.74, 6) is -0.312. The largest absolute Gasteiger partial charge is 0.468 e. The summed E-state index contributed by atoms with van der Waals surface area (Å²) >= 11 is 0. The molecule has 0 spiro atoms. The molecule has 0 heterocycles. The van der Waals surface area contributed by atoms with Gasteiger partial charge >= 0.3 is 5.97 Å². The van der Waals surface area contributed by atoms with Crippen molar-refractivity contribution in [3.63, 3.8) is 0 Å². The number of methoxy groups -OCH3 is 1. The minimum Gasteiger partial charge on any atom is -0.468 e. The molecule has 2 N–H and O–H groups in total. The lowest BCUT2D eigenvalue weighted by Gasteiger charge is -2.08.